The third-order valence-electron chi connectivity index (χ3n) is 2.42. The van der Waals surface area contributed by atoms with Crippen LogP contribution in [0.25, 0.3) is 22.8 Å². The van der Waals surface area contributed by atoms with Gasteiger partial charge >= 0.3 is 0 Å². The topological polar surface area (TPSA) is 64.5 Å². The lowest BCUT2D eigenvalue weighted by Crippen LogP contribution is -1.93. The molecule has 86 valence electrons. The molecule has 0 radical (unpaired) electrons. The highest BCUT2D eigenvalue weighted by atomic mass is 15.1. The van der Waals surface area contributed by atoms with Gasteiger partial charge in [-0.05, 0) is 36.4 Å². The molecule has 0 aliphatic heterocycles. The molecule has 0 spiro atoms. The maximum atomic E-state index is 4.51. The second-order valence-corrected chi connectivity index (χ2v) is 3.63. The fraction of sp³-hybridized carbons (Fsp3) is 0. The summed E-state index contributed by atoms with van der Waals surface area (Å²) in [5.41, 5.74) is 3.02. The third-order valence-corrected chi connectivity index (χ3v) is 2.42. The molecule has 0 aliphatic rings. The Bertz CT molecular complexity index is 585. The van der Waals surface area contributed by atoms with E-state index in [-0.39, 0.29) is 0 Å². The minimum absolute atomic E-state index is 0.739. The maximum Gasteiger partial charge on any atom is 0.111 e. The Morgan fingerprint density at radius 2 is 1.06 bits per heavy atom. The van der Waals surface area contributed by atoms with Crippen molar-refractivity contribution in [2.24, 2.45) is 0 Å². The van der Waals surface area contributed by atoms with E-state index in [0.29, 0.717) is 0 Å². The summed E-state index contributed by atoms with van der Waals surface area (Å²) in [6.07, 6.45) is 3.27. The molecule has 5 heteroatoms. The summed E-state index contributed by atoms with van der Waals surface area (Å²) in [6, 6.07) is 13.1. The number of aromatic nitrogens is 5. The Balaban J connectivity index is 2.05. The van der Waals surface area contributed by atoms with Gasteiger partial charge in [0.25, 0.3) is 0 Å². The van der Waals surface area contributed by atoms with Gasteiger partial charge in [0.15, 0.2) is 0 Å². The Morgan fingerprint density at radius 3 is 1.50 bits per heavy atom. The molecule has 0 saturated heterocycles. The van der Waals surface area contributed by atoms with Gasteiger partial charge in [-0.15, -0.1) is 10.2 Å². The van der Waals surface area contributed by atoms with Gasteiger partial charge < -0.3 is 0 Å². The fourth-order valence-corrected chi connectivity index (χ4v) is 1.60. The van der Waals surface area contributed by atoms with Gasteiger partial charge in [-0.25, -0.2) is 4.98 Å². The number of nitrogens with zero attached hydrogens (tertiary/aromatic N) is 5. The fourth-order valence-electron chi connectivity index (χ4n) is 1.60. The zero-order chi connectivity index (χ0) is 12.2. The minimum atomic E-state index is 0.739. The predicted molar refractivity (Wildman–Crippen MR) is 66.3 cm³/mol. The van der Waals surface area contributed by atoms with E-state index >= 15 is 0 Å². The largest absolute Gasteiger partial charge is 0.244 e. The van der Waals surface area contributed by atoms with Crippen molar-refractivity contribution in [3.63, 3.8) is 0 Å². The Morgan fingerprint density at radius 1 is 0.556 bits per heavy atom. The second-order valence-electron chi connectivity index (χ2n) is 3.63. The van der Waals surface area contributed by atoms with Crippen LogP contribution in [0.15, 0.2) is 54.9 Å². The molecule has 3 rings (SSSR count). The van der Waals surface area contributed by atoms with Crippen LogP contribution in [0.3, 0.4) is 0 Å². The van der Waals surface area contributed by atoms with Crippen LogP contribution in [0.1, 0.15) is 0 Å². The average molecular weight is 235 g/mol. The molecule has 0 atom stereocenters. The van der Waals surface area contributed by atoms with Crippen molar-refractivity contribution < 1.29 is 0 Å². The van der Waals surface area contributed by atoms with Crippen molar-refractivity contribution in [3.8, 4) is 22.8 Å². The molecular weight excluding hydrogens is 226 g/mol. The molecule has 18 heavy (non-hydrogen) atoms. The first-order valence-corrected chi connectivity index (χ1v) is 5.47. The molecule has 5 nitrogen and oxygen atoms in total. The quantitative estimate of drug-likeness (QED) is 0.679. The van der Waals surface area contributed by atoms with E-state index in [9.17, 15) is 0 Å². The Hall–Kier alpha value is -2.69. The highest BCUT2D eigenvalue weighted by molar-refractivity contribution is 5.60. The first-order valence-electron chi connectivity index (χ1n) is 5.47. The Kier molecular flexibility index (Phi) is 2.71. The minimum Gasteiger partial charge on any atom is -0.244 e. The molecule has 3 aromatic rings. The molecule has 0 saturated carbocycles. The molecule has 0 aliphatic carbocycles. The van der Waals surface area contributed by atoms with E-state index in [1.807, 2.05) is 42.5 Å². The van der Waals surface area contributed by atoms with E-state index in [0.717, 1.165) is 22.8 Å². The molecule has 0 fully saturated rings. The summed E-state index contributed by atoms with van der Waals surface area (Å²) < 4.78 is 0. The first kappa shape index (κ1) is 10.5. The molecular formula is C13H9N5. The third kappa shape index (κ3) is 2.06. The van der Waals surface area contributed by atoms with Crippen molar-refractivity contribution in [3.05, 3.63) is 54.9 Å². The molecule has 0 aromatic carbocycles. The van der Waals surface area contributed by atoms with Crippen molar-refractivity contribution in [2.45, 2.75) is 0 Å². The SMILES string of the molecule is c1cnnc(-c2cccc(-c3cccnn3)n2)c1. The van der Waals surface area contributed by atoms with Gasteiger partial charge in [0.2, 0.25) is 0 Å². The van der Waals surface area contributed by atoms with Crippen LogP contribution in [0.2, 0.25) is 0 Å². The summed E-state index contributed by atoms with van der Waals surface area (Å²) in [4.78, 5) is 4.51. The summed E-state index contributed by atoms with van der Waals surface area (Å²) >= 11 is 0. The van der Waals surface area contributed by atoms with E-state index < -0.39 is 0 Å². The standard InChI is InChI=1S/C13H9N5/c1-4-10(12-6-2-8-14-17-12)16-11(5-1)13-7-3-9-15-18-13/h1-9H. The van der Waals surface area contributed by atoms with Gasteiger partial charge in [0.1, 0.15) is 11.4 Å². The number of pyridine rings is 1. The van der Waals surface area contributed by atoms with Crippen LogP contribution in [-0.4, -0.2) is 25.4 Å². The number of rotatable bonds is 2. The van der Waals surface area contributed by atoms with Crippen LogP contribution >= 0.6 is 0 Å². The van der Waals surface area contributed by atoms with Crippen molar-refractivity contribution >= 4 is 0 Å². The highest BCUT2D eigenvalue weighted by Gasteiger charge is 2.04. The normalized spacial score (nSPS) is 10.2. The summed E-state index contributed by atoms with van der Waals surface area (Å²) in [7, 11) is 0. The van der Waals surface area contributed by atoms with E-state index in [4.69, 9.17) is 0 Å². The Labute approximate surface area is 104 Å². The lowest BCUT2D eigenvalue weighted by atomic mass is 10.2. The predicted octanol–water partition coefficient (Wildman–Crippen LogP) is 2.00. The molecule has 3 aromatic heterocycles. The maximum absolute atomic E-state index is 4.51. The van der Waals surface area contributed by atoms with Gasteiger partial charge in [0.05, 0.1) is 11.4 Å². The van der Waals surface area contributed by atoms with Gasteiger partial charge in [-0.2, -0.15) is 10.2 Å². The van der Waals surface area contributed by atoms with Crippen LogP contribution in [0.5, 0.6) is 0 Å². The lowest BCUT2D eigenvalue weighted by Gasteiger charge is -2.02. The van der Waals surface area contributed by atoms with Crippen LogP contribution in [0, 0.1) is 0 Å². The average Bonchev–Trinajstić information content (AvgIpc) is 2.49. The summed E-state index contributed by atoms with van der Waals surface area (Å²) in [6.45, 7) is 0. The monoisotopic (exact) mass is 235 g/mol. The van der Waals surface area contributed by atoms with Gasteiger partial charge in [-0.3, -0.25) is 0 Å². The van der Waals surface area contributed by atoms with E-state index in [1.54, 1.807) is 12.4 Å². The van der Waals surface area contributed by atoms with E-state index in [2.05, 4.69) is 25.4 Å². The zero-order valence-electron chi connectivity index (χ0n) is 9.43. The smallest absolute Gasteiger partial charge is 0.111 e. The van der Waals surface area contributed by atoms with Gasteiger partial charge in [-0.1, -0.05) is 6.07 Å². The summed E-state index contributed by atoms with van der Waals surface area (Å²) in [5.74, 6) is 0. The van der Waals surface area contributed by atoms with Crippen LogP contribution in [-0.2, 0) is 0 Å². The highest BCUT2D eigenvalue weighted by Crippen LogP contribution is 2.18. The molecule has 0 bridgehead atoms. The van der Waals surface area contributed by atoms with Crippen LogP contribution < -0.4 is 0 Å². The lowest BCUT2D eigenvalue weighted by molar-refractivity contribution is 1.02. The van der Waals surface area contributed by atoms with Crippen molar-refractivity contribution in [2.75, 3.05) is 0 Å². The van der Waals surface area contributed by atoms with Gasteiger partial charge in [0, 0.05) is 12.4 Å². The van der Waals surface area contributed by atoms with Crippen LogP contribution in [0.4, 0.5) is 0 Å². The molecule has 0 unspecified atom stereocenters. The van der Waals surface area contributed by atoms with Crippen molar-refractivity contribution in [1.82, 2.24) is 25.4 Å². The zero-order valence-corrected chi connectivity index (χ0v) is 9.43. The molecule has 0 amide bonds. The second kappa shape index (κ2) is 4.67. The number of hydrogen-bond donors (Lipinski definition) is 0. The summed E-state index contributed by atoms with van der Waals surface area (Å²) in [5, 5.41) is 15.8. The molecule has 3 heterocycles. The molecule has 0 N–H and O–H groups in total. The van der Waals surface area contributed by atoms with E-state index in [1.165, 1.54) is 0 Å². The first-order chi connectivity index (χ1) is 8.93. The van der Waals surface area contributed by atoms with Crippen molar-refractivity contribution in [1.29, 1.82) is 0 Å². The number of hydrogen-bond acceptors (Lipinski definition) is 5.